The number of unbranched alkanes of at least 4 members (excludes halogenated alkanes) is 1. The summed E-state index contributed by atoms with van der Waals surface area (Å²) < 4.78 is 0.947. The van der Waals surface area contributed by atoms with Gasteiger partial charge in [-0.25, -0.2) is 0 Å². The average molecular weight is 395 g/mol. The molecule has 5 nitrogen and oxygen atoms in total. The van der Waals surface area contributed by atoms with Crippen LogP contribution >= 0.6 is 15.9 Å². The van der Waals surface area contributed by atoms with Gasteiger partial charge in [-0.05, 0) is 37.5 Å². The van der Waals surface area contributed by atoms with Crippen LogP contribution in [0.15, 0.2) is 40.3 Å². The van der Waals surface area contributed by atoms with Gasteiger partial charge in [-0.3, -0.25) is 9.79 Å². The fourth-order valence-corrected chi connectivity index (χ4v) is 2.55. The molecule has 1 aromatic carbocycles. The molecule has 0 fully saturated rings. The molecular weight excluding hydrogens is 368 g/mol. The summed E-state index contributed by atoms with van der Waals surface area (Å²) in [4.78, 5) is 18.4. The Bertz CT molecular complexity index is 586. The topological polar surface area (TPSA) is 56.7 Å². The van der Waals surface area contributed by atoms with E-state index in [-0.39, 0.29) is 5.91 Å². The van der Waals surface area contributed by atoms with E-state index in [1.165, 1.54) is 0 Å². The molecule has 0 aliphatic heterocycles. The van der Waals surface area contributed by atoms with Crippen LogP contribution in [0, 0.1) is 6.92 Å². The minimum Gasteiger partial charge on any atom is -0.356 e. The van der Waals surface area contributed by atoms with Crippen molar-refractivity contribution >= 4 is 33.5 Å². The number of nitrogens with one attached hydrogen (secondary N) is 2. The lowest BCUT2D eigenvalue weighted by molar-refractivity contribution is -0.116. The van der Waals surface area contributed by atoms with E-state index in [1.54, 1.807) is 7.05 Å². The minimum atomic E-state index is -0.0199. The Morgan fingerprint density at radius 3 is 2.88 bits per heavy atom. The van der Waals surface area contributed by atoms with Gasteiger partial charge >= 0.3 is 0 Å². The molecule has 0 saturated carbocycles. The van der Waals surface area contributed by atoms with Gasteiger partial charge in [0.25, 0.3) is 0 Å². The highest BCUT2D eigenvalue weighted by atomic mass is 79.9. The largest absolute Gasteiger partial charge is 0.356 e. The van der Waals surface area contributed by atoms with Crippen molar-refractivity contribution in [2.24, 2.45) is 4.99 Å². The minimum absolute atomic E-state index is 0.0199. The zero-order chi connectivity index (χ0) is 17.9. The van der Waals surface area contributed by atoms with Crippen molar-refractivity contribution in [2.45, 2.75) is 26.2 Å². The molecule has 0 unspecified atom stereocenters. The van der Waals surface area contributed by atoms with E-state index < -0.39 is 0 Å². The summed E-state index contributed by atoms with van der Waals surface area (Å²) in [6, 6.07) is 5.84. The maximum absolute atomic E-state index is 12.1. The molecule has 0 aliphatic rings. The number of allylic oxidation sites excluding steroid dienone is 1. The molecule has 0 heterocycles. The van der Waals surface area contributed by atoms with Crippen LogP contribution in [-0.2, 0) is 4.79 Å². The molecule has 24 heavy (non-hydrogen) atoms. The van der Waals surface area contributed by atoms with Crippen LogP contribution in [0.2, 0.25) is 0 Å². The second kappa shape index (κ2) is 10.9. The predicted octanol–water partition coefficient (Wildman–Crippen LogP) is 3.56. The normalized spacial score (nSPS) is 11.1. The van der Waals surface area contributed by atoms with Gasteiger partial charge < -0.3 is 15.5 Å². The summed E-state index contributed by atoms with van der Waals surface area (Å²) in [5, 5.41) is 6.16. The standard InChI is InChI=1S/C18H27BrN4O/c1-5-6-7-12-23(4)18(20-3)21-11-10-17(24)22-16-13-15(19)9-8-14(16)2/h5,8-9,13H,1,6-7,10-12H2,2-4H3,(H,20,21)(H,22,24). The molecule has 0 saturated heterocycles. The summed E-state index contributed by atoms with van der Waals surface area (Å²) in [7, 11) is 3.74. The van der Waals surface area contributed by atoms with E-state index in [1.807, 2.05) is 38.2 Å². The first-order valence-corrected chi connectivity index (χ1v) is 8.86. The zero-order valence-electron chi connectivity index (χ0n) is 14.7. The van der Waals surface area contributed by atoms with Crippen molar-refractivity contribution in [3.8, 4) is 0 Å². The van der Waals surface area contributed by atoms with Crippen LogP contribution in [0.1, 0.15) is 24.8 Å². The van der Waals surface area contributed by atoms with Crippen LogP contribution in [0.4, 0.5) is 5.69 Å². The lowest BCUT2D eigenvalue weighted by atomic mass is 10.2. The molecule has 0 aromatic heterocycles. The number of hydrogen-bond acceptors (Lipinski definition) is 2. The molecule has 0 atom stereocenters. The SMILES string of the molecule is C=CCCCN(C)C(=NC)NCCC(=O)Nc1cc(Br)ccc1C. The second-order valence-corrected chi connectivity index (χ2v) is 6.50. The third-order valence-electron chi connectivity index (χ3n) is 3.58. The maximum Gasteiger partial charge on any atom is 0.226 e. The molecule has 1 rings (SSSR count). The smallest absolute Gasteiger partial charge is 0.226 e. The number of rotatable bonds is 8. The molecule has 0 spiro atoms. The number of benzene rings is 1. The molecule has 132 valence electrons. The number of aryl methyl sites for hydroxylation is 1. The molecular formula is C18H27BrN4O. The number of carbonyl (C=O) groups excluding carboxylic acids is 1. The Hall–Kier alpha value is -1.82. The second-order valence-electron chi connectivity index (χ2n) is 5.58. The van der Waals surface area contributed by atoms with Gasteiger partial charge in [-0.15, -0.1) is 6.58 Å². The van der Waals surface area contributed by atoms with E-state index in [0.29, 0.717) is 13.0 Å². The first-order chi connectivity index (χ1) is 11.5. The maximum atomic E-state index is 12.1. The molecule has 1 aromatic rings. The number of aliphatic imine (C=N–C) groups is 1. The lowest BCUT2D eigenvalue weighted by Crippen LogP contribution is -2.40. The molecule has 6 heteroatoms. The average Bonchev–Trinajstić information content (AvgIpc) is 2.55. The van der Waals surface area contributed by atoms with E-state index in [0.717, 1.165) is 41.1 Å². The van der Waals surface area contributed by atoms with E-state index in [2.05, 4.69) is 43.0 Å². The first kappa shape index (κ1) is 20.2. The van der Waals surface area contributed by atoms with Crippen LogP contribution < -0.4 is 10.6 Å². The predicted molar refractivity (Wildman–Crippen MR) is 106 cm³/mol. The molecule has 0 radical (unpaired) electrons. The third-order valence-corrected chi connectivity index (χ3v) is 4.08. The number of guanidine groups is 1. The Balaban J connectivity index is 2.40. The van der Waals surface area contributed by atoms with Crippen molar-refractivity contribution < 1.29 is 4.79 Å². The van der Waals surface area contributed by atoms with Gasteiger partial charge in [-0.1, -0.05) is 28.1 Å². The van der Waals surface area contributed by atoms with Gasteiger partial charge in [0.05, 0.1) is 0 Å². The zero-order valence-corrected chi connectivity index (χ0v) is 16.3. The Kier molecular flexibility index (Phi) is 9.15. The highest BCUT2D eigenvalue weighted by molar-refractivity contribution is 9.10. The number of hydrogen-bond donors (Lipinski definition) is 2. The van der Waals surface area contributed by atoms with Gasteiger partial charge in [0.2, 0.25) is 5.91 Å². The Morgan fingerprint density at radius 2 is 2.21 bits per heavy atom. The summed E-state index contributed by atoms with van der Waals surface area (Å²) >= 11 is 3.42. The van der Waals surface area contributed by atoms with Gasteiger partial charge in [0.1, 0.15) is 0 Å². The molecule has 1 amide bonds. The highest BCUT2D eigenvalue weighted by Crippen LogP contribution is 2.20. The lowest BCUT2D eigenvalue weighted by Gasteiger charge is -2.21. The molecule has 0 bridgehead atoms. The Labute approximate surface area is 153 Å². The van der Waals surface area contributed by atoms with E-state index in [9.17, 15) is 4.79 Å². The fraction of sp³-hybridized carbons (Fsp3) is 0.444. The van der Waals surface area contributed by atoms with Crippen LogP contribution in [0.25, 0.3) is 0 Å². The van der Waals surface area contributed by atoms with Gasteiger partial charge in [-0.2, -0.15) is 0 Å². The van der Waals surface area contributed by atoms with Crippen LogP contribution in [-0.4, -0.2) is 44.0 Å². The van der Waals surface area contributed by atoms with Crippen molar-refractivity contribution in [3.63, 3.8) is 0 Å². The summed E-state index contributed by atoms with van der Waals surface area (Å²) in [5.74, 6) is 0.777. The van der Waals surface area contributed by atoms with Gasteiger partial charge in [0.15, 0.2) is 5.96 Å². The highest BCUT2D eigenvalue weighted by Gasteiger charge is 2.08. The quantitative estimate of drug-likeness (QED) is 0.306. The van der Waals surface area contributed by atoms with E-state index >= 15 is 0 Å². The van der Waals surface area contributed by atoms with E-state index in [4.69, 9.17) is 0 Å². The van der Waals surface area contributed by atoms with Crippen LogP contribution in [0.3, 0.4) is 0 Å². The third kappa shape index (κ3) is 7.17. The van der Waals surface area contributed by atoms with Crippen molar-refractivity contribution in [1.29, 1.82) is 0 Å². The number of anilines is 1. The van der Waals surface area contributed by atoms with Crippen molar-refractivity contribution in [3.05, 3.63) is 40.9 Å². The van der Waals surface area contributed by atoms with Crippen molar-refractivity contribution in [1.82, 2.24) is 10.2 Å². The fourth-order valence-electron chi connectivity index (χ4n) is 2.19. The summed E-state index contributed by atoms with van der Waals surface area (Å²) in [5.41, 5.74) is 1.87. The molecule has 2 N–H and O–H groups in total. The first-order valence-electron chi connectivity index (χ1n) is 8.06. The monoisotopic (exact) mass is 394 g/mol. The van der Waals surface area contributed by atoms with Crippen LogP contribution in [0.5, 0.6) is 0 Å². The summed E-state index contributed by atoms with van der Waals surface area (Å²) in [6.07, 6.45) is 4.31. The number of amides is 1. The number of nitrogens with zero attached hydrogens (tertiary/aromatic N) is 2. The molecule has 0 aliphatic carbocycles. The summed E-state index contributed by atoms with van der Waals surface area (Å²) in [6.45, 7) is 7.14. The number of halogens is 1. The van der Waals surface area contributed by atoms with Crippen molar-refractivity contribution in [2.75, 3.05) is 32.5 Å². The van der Waals surface area contributed by atoms with Gasteiger partial charge in [0, 0.05) is 43.8 Å². The Morgan fingerprint density at radius 1 is 1.46 bits per heavy atom. The number of carbonyl (C=O) groups is 1.